The van der Waals surface area contributed by atoms with Gasteiger partial charge in [0.1, 0.15) is 11.2 Å². The van der Waals surface area contributed by atoms with Crippen molar-refractivity contribution in [3.05, 3.63) is 237 Å². The van der Waals surface area contributed by atoms with Crippen LogP contribution in [0.25, 0.3) is 123 Å². The average Bonchev–Trinajstić information content (AvgIpc) is 3.80. The Hall–Kier alpha value is -9.13. The molecule has 0 N–H and O–H groups in total. The van der Waals surface area contributed by atoms with Gasteiger partial charge in [0.2, 0.25) is 0 Å². The lowest BCUT2D eigenvalue weighted by atomic mass is 9.98. The molecule has 0 aliphatic rings. The standard InChI is InChI=1S/C61H39N5O/c1-4-15-40(16-5-1)42-29-31-43(32-30-42)54-39-55(63-58(62-54)44-19-8-3-9-20-44)48-24-12-22-46(35-48)47-23-14-26-50(37-47)60-64-59(49-25-13-21-45(36-49)41-17-6-2-7-18-41)65-61(66-60)51-33-34-53-52-27-10-11-28-56(52)67-57(53)38-51/h1-39H. The van der Waals surface area contributed by atoms with Gasteiger partial charge in [-0.05, 0) is 75.8 Å². The van der Waals surface area contributed by atoms with Crippen LogP contribution >= 0.6 is 0 Å². The van der Waals surface area contributed by atoms with E-state index in [1.54, 1.807) is 0 Å². The lowest BCUT2D eigenvalue weighted by Crippen LogP contribution is -2.00. The topological polar surface area (TPSA) is 77.6 Å². The maximum atomic E-state index is 6.31. The first-order valence-corrected chi connectivity index (χ1v) is 22.3. The van der Waals surface area contributed by atoms with Crippen LogP contribution in [0.3, 0.4) is 0 Å². The SMILES string of the molecule is c1ccc(-c2ccc(-c3cc(-c4cccc(-c5cccc(-c6nc(-c7cccc(-c8ccccc8)c7)nc(-c7ccc8c(c7)oc7ccccc78)n6)c5)c4)nc(-c4ccccc4)n3)cc2)cc1. The maximum Gasteiger partial charge on any atom is 0.164 e. The van der Waals surface area contributed by atoms with Gasteiger partial charge in [-0.3, -0.25) is 0 Å². The molecule has 9 aromatic carbocycles. The Balaban J connectivity index is 0.940. The molecule has 0 saturated carbocycles. The Morgan fingerprint density at radius 1 is 0.209 bits per heavy atom. The highest BCUT2D eigenvalue weighted by Gasteiger charge is 2.17. The van der Waals surface area contributed by atoms with Gasteiger partial charge < -0.3 is 4.42 Å². The maximum absolute atomic E-state index is 6.31. The van der Waals surface area contributed by atoms with Gasteiger partial charge in [0.25, 0.3) is 0 Å². The summed E-state index contributed by atoms with van der Waals surface area (Å²) in [7, 11) is 0. The predicted molar refractivity (Wildman–Crippen MR) is 272 cm³/mol. The fraction of sp³-hybridized carbons (Fsp3) is 0. The van der Waals surface area contributed by atoms with Crippen molar-refractivity contribution in [1.82, 2.24) is 24.9 Å². The highest BCUT2D eigenvalue weighted by molar-refractivity contribution is 6.05. The van der Waals surface area contributed by atoms with Crippen molar-refractivity contribution in [3.63, 3.8) is 0 Å². The molecule has 0 amide bonds. The molecule has 3 heterocycles. The first-order valence-electron chi connectivity index (χ1n) is 22.3. The van der Waals surface area contributed by atoms with Crippen LogP contribution in [0, 0.1) is 0 Å². The molecule has 0 unspecified atom stereocenters. The highest BCUT2D eigenvalue weighted by Crippen LogP contribution is 2.36. The monoisotopic (exact) mass is 857 g/mol. The zero-order valence-corrected chi connectivity index (χ0v) is 36.2. The molecule has 12 rings (SSSR count). The van der Waals surface area contributed by atoms with Gasteiger partial charge in [-0.25, -0.2) is 24.9 Å². The van der Waals surface area contributed by atoms with Crippen molar-refractivity contribution in [2.75, 3.05) is 0 Å². The molecular formula is C61H39N5O. The Morgan fingerprint density at radius 2 is 0.582 bits per heavy atom. The van der Waals surface area contributed by atoms with Crippen molar-refractivity contribution >= 4 is 21.9 Å². The van der Waals surface area contributed by atoms with Crippen molar-refractivity contribution in [2.24, 2.45) is 0 Å². The van der Waals surface area contributed by atoms with Crippen LogP contribution in [-0.4, -0.2) is 24.9 Å². The second kappa shape index (κ2) is 17.1. The summed E-state index contributed by atoms with van der Waals surface area (Å²) in [5.74, 6) is 2.38. The largest absolute Gasteiger partial charge is 0.456 e. The Kier molecular flexibility index (Phi) is 10.1. The van der Waals surface area contributed by atoms with E-state index in [-0.39, 0.29) is 0 Å². The third kappa shape index (κ3) is 7.94. The first-order chi connectivity index (χ1) is 33.1. The summed E-state index contributed by atoms with van der Waals surface area (Å²) in [4.78, 5) is 25.7. The molecule has 0 saturated heterocycles. The van der Waals surface area contributed by atoms with Crippen LogP contribution in [0.2, 0.25) is 0 Å². The molecule has 6 nitrogen and oxygen atoms in total. The quantitative estimate of drug-likeness (QED) is 0.144. The number of para-hydroxylation sites is 1. The van der Waals surface area contributed by atoms with Gasteiger partial charge in [0.15, 0.2) is 23.3 Å². The number of hydrogen-bond donors (Lipinski definition) is 0. The zero-order chi connectivity index (χ0) is 44.5. The molecule has 0 radical (unpaired) electrons. The van der Waals surface area contributed by atoms with Crippen LogP contribution in [0.1, 0.15) is 0 Å². The summed E-state index contributed by atoms with van der Waals surface area (Å²) in [6, 6.07) is 81.2. The lowest BCUT2D eigenvalue weighted by molar-refractivity contribution is 0.669. The minimum Gasteiger partial charge on any atom is -0.456 e. The van der Waals surface area contributed by atoms with Crippen molar-refractivity contribution in [1.29, 1.82) is 0 Å². The molecule has 0 fully saturated rings. The Labute approximate surface area is 387 Å². The normalized spacial score (nSPS) is 11.3. The summed E-state index contributed by atoms with van der Waals surface area (Å²) in [6.07, 6.45) is 0. The van der Waals surface area contributed by atoms with E-state index in [0.29, 0.717) is 23.3 Å². The first kappa shape index (κ1) is 39.5. The van der Waals surface area contributed by atoms with Gasteiger partial charge in [-0.15, -0.1) is 0 Å². The molecule has 6 heteroatoms. The van der Waals surface area contributed by atoms with Gasteiger partial charge in [0.05, 0.1) is 11.4 Å². The Bertz CT molecular complexity index is 3740. The van der Waals surface area contributed by atoms with Gasteiger partial charge in [-0.2, -0.15) is 0 Å². The molecule has 12 aromatic rings. The third-order valence-electron chi connectivity index (χ3n) is 12.2. The van der Waals surface area contributed by atoms with E-state index in [1.807, 2.05) is 54.6 Å². The smallest absolute Gasteiger partial charge is 0.164 e. The molecule has 3 aromatic heterocycles. The van der Waals surface area contributed by atoms with Gasteiger partial charge in [0, 0.05) is 44.2 Å². The number of nitrogens with zero attached hydrogens (tertiary/aromatic N) is 5. The minimum absolute atomic E-state index is 0.559. The highest BCUT2D eigenvalue weighted by atomic mass is 16.3. The van der Waals surface area contributed by atoms with E-state index >= 15 is 0 Å². The molecule has 0 atom stereocenters. The predicted octanol–water partition coefficient (Wildman–Crippen LogP) is 15.6. The number of rotatable bonds is 9. The average molecular weight is 858 g/mol. The molecule has 0 aliphatic heterocycles. The molecule has 314 valence electrons. The number of aromatic nitrogens is 5. The van der Waals surface area contributed by atoms with E-state index in [9.17, 15) is 0 Å². The number of furan rings is 1. The van der Waals surface area contributed by atoms with E-state index in [0.717, 1.165) is 94.5 Å². The zero-order valence-electron chi connectivity index (χ0n) is 36.2. The number of hydrogen-bond acceptors (Lipinski definition) is 6. The van der Waals surface area contributed by atoms with E-state index in [4.69, 9.17) is 29.3 Å². The van der Waals surface area contributed by atoms with Gasteiger partial charge >= 0.3 is 0 Å². The fourth-order valence-corrected chi connectivity index (χ4v) is 8.72. The molecule has 0 spiro atoms. The summed E-state index contributed by atoms with van der Waals surface area (Å²) >= 11 is 0. The second-order valence-electron chi connectivity index (χ2n) is 16.5. The van der Waals surface area contributed by atoms with Crippen molar-refractivity contribution < 1.29 is 4.42 Å². The Morgan fingerprint density at radius 3 is 1.19 bits per heavy atom. The number of benzene rings is 9. The lowest BCUT2D eigenvalue weighted by Gasteiger charge is -2.12. The van der Waals surface area contributed by atoms with Crippen LogP contribution in [0.5, 0.6) is 0 Å². The molecule has 67 heavy (non-hydrogen) atoms. The molecule has 0 bridgehead atoms. The van der Waals surface area contributed by atoms with E-state index in [1.165, 1.54) is 5.56 Å². The van der Waals surface area contributed by atoms with Crippen LogP contribution in [0.15, 0.2) is 241 Å². The minimum atomic E-state index is 0.559. The molecular weight excluding hydrogens is 819 g/mol. The number of fused-ring (bicyclic) bond motifs is 3. The summed E-state index contributed by atoms with van der Waals surface area (Å²) in [5, 5.41) is 2.12. The van der Waals surface area contributed by atoms with Crippen LogP contribution in [0.4, 0.5) is 0 Å². The van der Waals surface area contributed by atoms with Crippen LogP contribution < -0.4 is 0 Å². The summed E-state index contributed by atoms with van der Waals surface area (Å²) in [5.41, 5.74) is 15.5. The summed E-state index contributed by atoms with van der Waals surface area (Å²) < 4.78 is 6.31. The second-order valence-corrected chi connectivity index (χ2v) is 16.5. The van der Waals surface area contributed by atoms with E-state index in [2.05, 4.69) is 182 Å². The summed E-state index contributed by atoms with van der Waals surface area (Å²) in [6.45, 7) is 0. The van der Waals surface area contributed by atoms with Crippen LogP contribution in [-0.2, 0) is 0 Å². The fourth-order valence-electron chi connectivity index (χ4n) is 8.72. The van der Waals surface area contributed by atoms with Crippen molar-refractivity contribution in [2.45, 2.75) is 0 Å². The van der Waals surface area contributed by atoms with E-state index < -0.39 is 0 Å². The van der Waals surface area contributed by atoms with Crippen molar-refractivity contribution in [3.8, 4) is 101 Å². The molecule has 0 aliphatic carbocycles. The third-order valence-corrected chi connectivity index (χ3v) is 12.2. The van der Waals surface area contributed by atoms with Gasteiger partial charge in [-0.1, -0.05) is 194 Å².